The molecule has 4 aromatic heterocycles. The minimum Gasteiger partial charge on any atom is -0.353 e. The van der Waals surface area contributed by atoms with Crippen LogP contribution in [0.5, 0.6) is 0 Å². The molecule has 0 atom stereocenters. The molecule has 1 aliphatic rings. The van der Waals surface area contributed by atoms with E-state index in [0.29, 0.717) is 38.2 Å². The van der Waals surface area contributed by atoms with Gasteiger partial charge in [0.15, 0.2) is 0 Å². The standard InChI is InChI=1S/C28H30N10O/c1-20(25-13-21(23-17-32-34(3)18-23)19-38-28(25)22(15-29)16-33-38)5-6-26(30-2)36-9-11-37(12-10-36)27(39)14-24-7-8-31-35(24)4/h5-8,13,16-19H,2,9-12,14H2,1,3-4H3/b20-5+,26-6+. The topological polar surface area (TPSA) is 113 Å². The van der Waals surface area contributed by atoms with Gasteiger partial charge in [-0.15, -0.1) is 0 Å². The van der Waals surface area contributed by atoms with Gasteiger partial charge in [0.1, 0.15) is 11.9 Å². The van der Waals surface area contributed by atoms with Crippen molar-refractivity contribution in [2.24, 2.45) is 19.1 Å². The van der Waals surface area contributed by atoms with Gasteiger partial charge in [-0.25, -0.2) is 9.51 Å². The number of hydrogen-bond donors (Lipinski definition) is 0. The first-order valence-electron chi connectivity index (χ1n) is 12.6. The molecule has 11 heteroatoms. The average Bonchev–Trinajstić information content (AvgIpc) is 3.68. The highest BCUT2D eigenvalue weighted by molar-refractivity contribution is 5.84. The Morgan fingerprint density at radius 1 is 1.08 bits per heavy atom. The van der Waals surface area contributed by atoms with Crippen LogP contribution in [0.25, 0.3) is 22.2 Å². The lowest BCUT2D eigenvalue weighted by Crippen LogP contribution is -2.48. The second-order valence-corrected chi connectivity index (χ2v) is 9.53. The van der Waals surface area contributed by atoms with Gasteiger partial charge in [0.25, 0.3) is 0 Å². The highest BCUT2D eigenvalue weighted by atomic mass is 16.2. The Balaban J connectivity index is 1.36. The lowest BCUT2D eigenvalue weighted by Gasteiger charge is -2.36. The summed E-state index contributed by atoms with van der Waals surface area (Å²) in [5.41, 5.74) is 5.92. The van der Waals surface area contributed by atoms with E-state index in [2.05, 4.69) is 44.0 Å². The van der Waals surface area contributed by atoms with Crippen LogP contribution >= 0.6 is 0 Å². The molecule has 1 fully saturated rings. The molecule has 11 nitrogen and oxygen atoms in total. The first-order chi connectivity index (χ1) is 18.9. The second kappa shape index (κ2) is 10.8. The number of pyridine rings is 1. The number of aryl methyl sites for hydroxylation is 2. The maximum Gasteiger partial charge on any atom is 0.228 e. The van der Waals surface area contributed by atoms with Crippen LogP contribution in [0.2, 0.25) is 0 Å². The number of nitriles is 1. The Morgan fingerprint density at radius 3 is 2.49 bits per heavy atom. The normalized spacial score (nSPS) is 14.6. The quantitative estimate of drug-likeness (QED) is 0.272. The zero-order valence-electron chi connectivity index (χ0n) is 22.3. The summed E-state index contributed by atoms with van der Waals surface area (Å²) in [6.45, 7) is 8.33. The van der Waals surface area contributed by atoms with Crippen molar-refractivity contribution in [2.75, 3.05) is 26.2 Å². The number of nitrogens with zero attached hydrogens (tertiary/aromatic N) is 10. The summed E-state index contributed by atoms with van der Waals surface area (Å²) in [5.74, 6) is 0.833. The van der Waals surface area contributed by atoms with E-state index in [0.717, 1.165) is 39.3 Å². The Bertz CT molecular complexity index is 1640. The molecule has 0 aromatic carbocycles. The minimum atomic E-state index is 0.0951. The van der Waals surface area contributed by atoms with Crippen LogP contribution in [0.4, 0.5) is 0 Å². The van der Waals surface area contributed by atoms with Crippen LogP contribution in [0.3, 0.4) is 0 Å². The Morgan fingerprint density at radius 2 is 1.85 bits per heavy atom. The van der Waals surface area contributed by atoms with Crippen LogP contribution in [0.1, 0.15) is 23.7 Å². The molecular weight excluding hydrogens is 492 g/mol. The van der Waals surface area contributed by atoms with Crippen LogP contribution in [-0.2, 0) is 25.3 Å². The van der Waals surface area contributed by atoms with Gasteiger partial charge >= 0.3 is 0 Å². The third-order valence-corrected chi connectivity index (χ3v) is 7.05. The summed E-state index contributed by atoms with van der Waals surface area (Å²) in [6, 6.07) is 6.18. The van der Waals surface area contributed by atoms with Gasteiger partial charge in [-0.1, -0.05) is 6.08 Å². The van der Waals surface area contributed by atoms with E-state index in [1.807, 2.05) is 56.5 Å². The van der Waals surface area contributed by atoms with Crippen LogP contribution in [-0.4, -0.2) is 77.8 Å². The Labute approximate surface area is 226 Å². The number of aromatic nitrogens is 6. The average molecular weight is 523 g/mol. The van der Waals surface area contributed by atoms with Crippen LogP contribution in [0.15, 0.2) is 66.1 Å². The molecule has 0 spiro atoms. The smallest absolute Gasteiger partial charge is 0.228 e. The number of carbonyl (C=O) groups excluding carboxylic acids is 1. The van der Waals surface area contributed by atoms with Crippen molar-refractivity contribution in [1.82, 2.24) is 39.0 Å². The molecule has 5 heterocycles. The number of piperazine rings is 1. The summed E-state index contributed by atoms with van der Waals surface area (Å²) in [6.07, 6.45) is 13.2. The van der Waals surface area contributed by atoms with Gasteiger partial charge in [0, 0.05) is 81.2 Å². The molecule has 1 aliphatic heterocycles. The van der Waals surface area contributed by atoms with E-state index in [9.17, 15) is 10.1 Å². The summed E-state index contributed by atoms with van der Waals surface area (Å²) in [5, 5.41) is 22.5. The monoisotopic (exact) mass is 522 g/mol. The predicted molar refractivity (Wildman–Crippen MR) is 148 cm³/mol. The largest absolute Gasteiger partial charge is 0.353 e. The van der Waals surface area contributed by atoms with Crippen molar-refractivity contribution in [2.45, 2.75) is 13.3 Å². The molecule has 4 aromatic rings. The molecule has 5 rings (SSSR count). The zero-order valence-corrected chi connectivity index (χ0v) is 22.3. The molecule has 0 saturated carbocycles. The summed E-state index contributed by atoms with van der Waals surface area (Å²) in [7, 11) is 3.72. The van der Waals surface area contributed by atoms with E-state index in [-0.39, 0.29) is 5.91 Å². The molecule has 0 aliphatic carbocycles. The van der Waals surface area contributed by atoms with E-state index < -0.39 is 0 Å². The third kappa shape index (κ3) is 5.22. The first-order valence-corrected chi connectivity index (χ1v) is 12.6. The fourth-order valence-electron chi connectivity index (χ4n) is 4.81. The van der Waals surface area contributed by atoms with Gasteiger partial charge < -0.3 is 9.80 Å². The number of fused-ring (bicyclic) bond motifs is 1. The number of rotatable bonds is 7. The Kier molecular flexibility index (Phi) is 7.10. The maximum absolute atomic E-state index is 12.8. The highest BCUT2D eigenvalue weighted by Crippen LogP contribution is 2.29. The summed E-state index contributed by atoms with van der Waals surface area (Å²) in [4.78, 5) is 21.1. The number of aliphatic imine (C=N–C) groups is 1. The molecule has 0 N–H and O–H groups in total. The lowest BCUT2D eigenvalue weighted by molar-refractivity contribution is -0.132. The van der Waals surface area contributed by atoms with Crippen molar-refractivity contribution in [3.63, 3.8) is 0 Å². The predicted octanol–water partition coefficient (Wildman–Crippen LogP) is 2.67. The van der Waals surface area contributed by atoms with E-state index >= 15 is 0 Å². The molecule has 1 saturated heterocycles. The molecule has 0 unspecified atom stereocenters. The van der Waals surface area contributed by atoms with Crippen molar-refractivity contribution in [1.29, 1.82) is 5.26 Å². The fourth-order valence-corrected chi connectivity index (χ4v) is 4.81. The highest BCUT2D eigenvalue weighted by Gasteiger charge is 2.23. The van der Waals surface area contributed by atoms with Crippen LogP contribution < -0.4 is 0 Å². The van der Waals surface area contributed by atoms with Crippen molar-refractivity contribution in [3.05, 3.63) is 77.9 Å². The first kappa shape index (κ1) is 25.7. The van der Waals surface area contributed by atoms with Crippen LogP contribution in [0, 0.1) is 11.3 Å². The Hall–Kier alpha value is -4.98. The zero-order chi connectivity index (χ0) is 27.5. The summed E-state index contributed by atoms with van der Waals surface area (Å²) < 4.78 is 5.23. The fraction of sp³-hybridized carbons (Fsp3) is 0.286. The molecular formula is C28H30N10O. The van der Waals surface area contributed by atoms with Crippen molar-refractivity contribution < 1.29 is 4.79 Å². The van der Waals surface area contributed by atoms with Gasteiger partial charge in [0.05, 0.1) is 29.9 Å². The van der Waals surface area contributed by atoms with Gasteiger partial charge in [0.2, 0.25) is 5.91 Å². The SMILES string of the molecule is C=N/C(=C\C=C(/C)c1cc(-c2cnn(C)c2)cn2ncc(C#N)c12)N1CCN(C(=O)Cc2ccnn2C)CC1. The van der Waals surface area contributed by atoms with Gasteiger partial charge in [-0.2, -0.15) is 20.6 Å². The number of allylic oxidation sites excluding steroid dienone is 3. The third-order valence-electron chi connectivity index (χ3n) is 7.05. The van der Waals surface area contributed by atoms with E-state index in [4.69, 9.17) is 0 Å². The number of hydrogen-bond acceptors (Lipinski definition) is 7. The van der Waals surface area contributed by atoms with Crippen molar-refractivity contribution in [3.8, 4) is 17.2 Å². The molecule has 0 bridgehead atoms. The molecule has 39 heavy (non-hydrogen) atoms. The summed E-state index contributed by atoms with van der Waals surface area (Å²) >= 11 is 0. The van der Waals surface area contributed by atoms with Gasteiger partial charge in [-0.3, -0.25) is 14.2 Å². The number of carbonyl (C=O) groups is 1. The van der Waals surface area contributed by atoms with Crippen molar-refractivity contribution >= 4 is 23.7 Å². The maximum atomic E-state index is 12.8. The van der Waals surface area contributed by atoms with E-state index in [1.54, 1.807) is 32.5 Å². The van der Waals surface area contributed by atoms with Gasteiger partial charge in [-0.05, 0) is 37.4 Å². The second-order valence-electron chi connectivity index (χ2n) is 9.53. The molecule has 0 radical (unpaired) electrons. The molecule has 198 valence electrons. The lowest BCUT2D eigenvalue weighted by atomic mass is 10.0. The van der Waals surface area contributed by atoms with E-state index in [1.165, 1.54) is 0 Å². The molecule has 1 amide bonds. The number of amides is 1. The minimum absolute atomic E-state index is 0.0951.